The first kappa shape index (κ1) is 15.4. The monoisotopic (exact) mass is 329 g/mol. The molecule has 0 saturated carbocycles. The lowest BCUT2D eigenvalue weighted by molar-refractivity contribution is -0.133. The minimum atomic E-state index is -1.41. The fourth-order valence-corrected chi connectivity index (χ4v) is 2.84. The maximum absolute atomic E-state index is 11.7. The van der Waals surface area contributed by atoms with Crippen molar-refractivity contribution in [2.45, 2.75) is 12.8 Å². The molecule has 0 spiro atoms. The molecular formula is C15H11N3O6. The second-order valence-corrected chi connectivity index (χ2v) is 5.13. The number of carbonyl (C=O) groups is 3. The van der Waals surface area contributed by atoms with Gasteiger partial charge in [-0.25, -0.2) is 14.2 Å². The molecule has 122 valence electrons. The zero-order valence-electron chi connectivity index (χ0n) is 12.3. The largest absolute Gasteiger partial charge is 0.478 e. The Kier molecular flexibility index (Phi) is 3.60. The van der Waals surface area contributed by atoms with Crippen LogP contribution in [0.1, 0.15) is 18.4 Å². The van der Waals surface area contributed by atoms with Gasteiger partial charge in [0.25, 0.3) is 0 Å². The van der Waals surface area contributed by atoms with Crippen molar-refractivity contribution in [3.63, 3.8) is 0 Å². The van der Waals surface area contributed by atoms with Crippen LogP contribution in [-0.2, 0) is 14.4 Å². The first-order valence-electron chi connectivity index (χ1n) is 6.80. The van der Waals surface area contributed by atoms with Gasteiger partial charge in [0.2, 0.25) is 0 Å². The van der Waals surface area contributed by atoms with Crippen molar-refractivity contribution in [1.82, 2.24) is 15.6 Å². The fourth-order valence-electron chi connectivity index (χ4n) is 2.84. The van der Waals surface area contributed by atoms with Crippen LogP contribution in [0, 0.1) is 0 Å². The molecule has 0 radical (unpaired) electrons. The van der Waals surface area contributed by atoms with Crippen molar-refractivity contribution in [3.05, 3.63) is 46.3 Å². The third-order valence-corrected chi connectivity index (χ3v) is 3.80. The van der Waals surface area contributed by atoms with E-state index in [1.807, 2.05) is 0 Å². The maximum atomic E-state index is 11.7. The number of dihydropyridines is 1. The number of rotatable bonds is 4. The van der Waals surface area contributed by atoms with E-state index < -0.39 is 17.9 Å². The number of hydrogen-bond acceptors (Lipinski definition) is 7. The number of hydrogen-bond donors (Lipinski definition) is 3. The number of allylic oxidation sites excluding steroid dienone is 2. The molecule has 1 aliphatic rings. The first-order valence-corrected chi connectivity index (χ1v) is 6.80. The second-order valence-electron chi connectivity index (χ2n) is 5.13. The molecule has 2 aromatic rings. The molecule has 0 bridgehead atoms. The third-order valence-electron chi connectivity index (χ3n) is 3.80. The Hall–Kier alpha value is -3.49. The van der Waals surface area contributed by atoms with Crippen molar-refractivity contribution in [1.29, 1.82) is 0 Å². The molecule has 9 nitrogen and oxygen atoms in total. The van der Waals surface area contributed by atoms with Gasteiger partial charge in [-0.1, -0.05) is 12.1 Å². The average molecular weight is 329 g/mol. The van der Waals surface area contributed by atoms with Crippen LogP contribution in [0.2, 0.25) is 0 Å². The third kappa shape index (κ3) is 2.22. The molecule has 9 heteroatoms. The summed E-state index contributed by atoms with van der Waals surface area (Å²) in [5.41, 5.74) is 0.281. The van der Waals surface area contributed by atoms with Crippen LogP contribution < -0.4 is 5.32 Å². The summed E-state index contributed by atoms with van der Waals surface area (Å²) in [4.78, 5) is 34.7. The van der Waals surface area contributed by atoms with Crippen LogP contribution >= 0.6 is 0 Å². The highest BCUT2D eigenvalue weighted by molar-refractivity contribution is 6.03. The Labute approximate surface area is 134 Å². The summed E-state index contributed by atoms with van der Waals surface area (Å²) in [5.74, 6) is -3.91. The van der Waals surface area contributed by atoms with E-state index in [2.05, 4.69) is 20.3 Å². The molecule has 3 N–H and O–H groups in total. The topological polar surface area (TPSA) is 143 Å². The molecular weight excluding hydrogens is 318 g/mol. The summed E-state index contributed by atoms with van der Waals surface area (Å²) in [6, 6.07) is 4.71. The van der Waals surface area contributed by atoms with Gasteiger partial charge in [-0.15, -0.1) is 0 Å². The van der Waals surface area contributed by atoms with Crippen molar-refractivity contribution >= 4 is 29.3 Å². The SMILES string of the molecule is CC1=C(C(=O)O)C(c2cccc3nonc23)C(C(=O)O)=C(C=O)N1. The van der Waals surface area contributed by atoms with Gasteiger partial charge >= 0.3 is 11.9 Å². The molecule has 1 aromatic carbocycles. The quantitative estimate of drug-likeness (QED) is 0.694. The number of benzene rings is 1. The van der Waals surface area contributed by atoms with Gasteiger partial charge in [0.15, 0.2) is 6.29 Å². The Balaban J connectivity index is 2.36. The highest BCUT2D eigenvalue weighted by atomic mass is 16.6. The molecule has 3 rings (SSSR count). The smallest absolute Gasteiger partial charge is 0.334 e. The van der Waals surface area contributed by atoms with E-state index in [0.717, 1.165) is 0 Å². The Morgan fingerprint density at radius 2 is 1.92 bits per heavy atom. The van der Waals surface area contributed by atoms with E-state index in [1.54, 1.807) is 12.1 Å². The molecule has 2 heterocycles. The lowest BCUT2D eigenvalue weighted by Gasteiger charge is -2.27. The number of aromatic nitrogens is 2. The minimum Gasteiger partial charge on any atom is -0.478 e. The normalized spacial score (nSPS) is 17.8. The van der Waals surface area contributed by atoms with Gasteiger partial charge < -0.3 is 15.5 Å². The number of fused-ring (bicyclic) bond motifs is 1. The van der Waals surface area contributed by atoms with Gasteiger partial charge in [0.05, 0.1) is 22.8 Å². The minimum absolute atomic E-state index is 0.174. The molecule has 24 heavy (non-hydrogen) atoms. The standard InChI is InChI=1S/C15H11N3O6/c1-6-10(14(20)21)11(12(15(22)23)9(5-19)16-6)7-3-2-4-8-13(7)18-24-17-8/h2-5,11,16H,1H3,(H,20,21)(H,22,23). The van der Waals surface area contributed by atoms with Gasteiger partial charge in [-0.05, 0) is 28.9 Å². The maximum Gasteiger partial charge on any atom is 0.334 e. The van der Waals surface area contributed by atoms with Crippen LogP contribution in [0.5, 0.6) is 0 Å². The lowest BCUT2D eigenvalue weighted by Crippen LogP contribution is -2.32. The van der Waals surface area contributed by atoms with Gasteiger partial charge in [-0.2, -0.15) is 0 Å². The molecule has 1 aliphatic heterocycles. The van der Waals surface area contributed by atoms with Crippen LogP contribution in [0.25, 0.3) is 11.0 Å². The predicted molar refractivity (Wildman–Crippen MR) is 78.7 cm³/mol. The van der Waals surface area contributed by atoms with E-state index in [0.29, 0.717) is 11.8 Å². The van der Waals surface area contributed by atoms with Gasteiger partial charge in [0.1, 0.15) is 11.0 Å². The van der Waals surface area contributed by atoms with Gasteiger partial charge in [0, 0.05) is 5.70 Å². The number of nitrogens with zero attached hydrogens (tertiary/aromatic N) is 2. The number of aliphatic carboxylic acids is 2. The molecule has 0 amide bonds. The first-order chi connectivity index (χ1) is 11.5. The summed E-state index contributed by atoms with van der Waals surface area (Å²) in [5, 5.41) is 29.1. The molecule has 0 fully saturated rings. The Bertz CT molecular complexity index is 940. The van der Waals surface area contributed by atoms with E-state index >= 15 is 0 Å². The van der Waals surface area contributed by atoms with E-state index in [9.17, 15) is 24.6 Å². The number of aldehydes is 1. The van der Waals surface area contributed by atoms with E-state index in [4.69, 9.17) is 0 Å². The summed E-state index contributed by atoms with van der Waals surface area (Å²) in [6.45, 7) is 1.46. The number of carboxylic acid groups (broad SMARTS) is 2. The van der Waals surface area contributed by atoms with E-state index in [-0.39, 0.29) is 33.6 Å². The highest BCUT2D eigenvalue weighted by Crippen LogP contribution is 2.40. The average Bonchev–Trinajstić information content (AvgIpc) is 3.01. The zero-order chi connectivity index (χ0) is 17.4. The van der Waals surface area contributed by atoms with Crippen LogP contribution in [0.4, 0.5) is 0 Å². The fraction of sp³-hybridized carbons (Fsp3) is 0.133. The number of carboxylic acids is 2. The Morgan fingerprint density at radius 3 is 2.54 bits per heavy atom. The van der Waals surface area contributed by atoms with Crippen molar-refractivity contribution in [3.8, 4) is 0 Å². The van der Waals surface area contributed by atoms with Crippen molar-refractivity contribution in [2.75, 3.05) is 0 Å². The number of nitrogens with one attached hydrogen (secondary N) is 1. The highest BCUT2D eigenvalue weighted by Gasteiger charge is 2.38. The van der Waals surface area contributed by atoms with Crippen LogP contribution in [-0.4, -0.2) is 38.8 Å². The number of carbonyl (C=O) groups excluding carboxylic acids is 1. The van der Waals surface area contributed by atoms with Gasteiger partial charge in [-0.3, -0.25) is 4.79 Å². The van der Waals surface area contributed by atoms with E-state index in [1.165, 1.54) is 13.0 Å². The molecule has 1 atom stereocenters. The zero-order valence-corrected chi connectivity index (χ0v) is 12.3. The summed E-state index contributed by atoms with van der Waals surface area (Å²) >= 11 is 0. The predicted octanol–water partition coefficient (Wildman–Crippen LogP) is 0.806. The van der Waals surface area contributed by atoms with Crippen molar-refractivity contribution in [2.24, 2.45) is 0 Å². The second kappa shape index (κ2) is 5.61. The van der Waals surface area contributed by atoms with Crippen LogP contribution in [0.3, 0.4) is 0 Å². The molecule has 1 unspecified atom stereocenters. The summed E-state index contributed by atoms with van der Waals surface area (Å²) in [7, 11) is 0. The molecule has 1 aromatic heterocycles. The van der Waals surface area contributed by atoms with Crippen LogP contribution in [0.15, 0.2) is 45.4 Å². The molecule has 0 aliphatic carbocycles. The molecule has 0 saturated heterocycles. The summed E-state index contributed by atoms with van der Waals surface area (Å²) in [6.07, 6.45) is 0.347. The Morgan fingerprint density at radius 1 is 1.21 bits per heavy atom. The summed E-state index contributed by atoms with van der Waals surface area (Å²) < 4.78 is 4.66. The lowest BCUT2D eigenvalue weighted by atomic mass is 9.80. The van der Waals surface area contributed by atoms with Crippen molar-refractivity contribution < 1.29 is 29.2 Å².